The van der Waals surface area contributed by atoms with Crippen LogP contribution in [0.25, 0.3) is 0 Å². The predicted molar refractivity (Wildman–Crippen MR) is 55.7 cm³/mol. The van der Waals surface area contributed by atoms with E-state index in [0.29, 0.717) is 13.2 Å². The standard InChI is InChI=1S/C10H17O4P/c11-10(9-5-2-1-3-6-9)15(12)13-7-4-8-14-15/h9H,1-8H2. The lowest BCUT2D eigenvalue weighted by Gasteiger charge is -2.27. The smallest absolute Gasteiger partial charge is 0.303 e. The number of hydrogen-bond acceptors (Lipinski definition) is 4. The van der Waals surface area contributed by atoms with E-state index in [1.165, 1.54) is 6.42 Å². The number of rotatable bonds is 2. The summed E-state index contributed by atoms with van der Waals surface area (Å²) < 4.78 is 22.2. The molecule has 0 unspecified atom stereocenters. The molecule has 0 spiro atoms. The van der Waals surface area contributed by atoms with Crippen LogP contribution in [0.15, 0.2) is 0 Å². The van der Waals surface area contributed by atoms with Crippen molar-refractivity contribution in [2.75, 3.05) is 13.2 Å². The van der Waals surface area contributed by atoms with Gasteiger partial charge in [0, 0.05) is 5.92 Å². The van der Waals surface area contributed by atoms with Gasteiger partial charge in [-0.05, 0) is 19.3 Å². The molecule has 1 aliphatic carbocycles. The van der Waals surface area contributed by atoms with Crippen LogP contribution in [0, 0.1) is 5.92 Å². The van der Waals surface area contributed by atoms with Crippen LogP contribution >= 0.6 is 7.60 Å². The number of hydrogen-bond donors (Lipinski definition) is 0. The molecule has 2 rings (SSSR count). The van der Waals surface area contributed by atoms with Gasteiger partial charge in [0.2, 0.25) is 5.52 Å². The molecule has 4 nitrogen and oxygen atoms in total. The van der Waals surface area contributed by atoms with Crippen molar-refractivity contribution in [3.05, 3.63) is 0 Å². The van der Waals surface area contributed by atoms with Crippen molar-refractivity contribution in [2.24, 2.45) is 5.92 Å². The monoisotopic (exact) mass is 232 g/mol. The highest BCUT2D eigenvalue weighted by Crippen LogP contribution is 2.54. The van der Waals surface area contributed by atoms with Gasteiger partial charge in [0.15, 0.2) is 0 Å². The minimum Gasteiger partial charge on any atom is -0.303 e. The molecule has 0 atom stereocenters. The molecule has 86 valence electrons. The normalized spacial score (nSPS) is 27.5. The van der Waals surface area contributed by atoms with E-state index in [0.717, 1.165) is 32.1 Å². The molecular formula is C10H17O4P. The van der Waals surface area contributed by atoms with E-state index < -0.39 is 7.60 Å². The molecule has 0 aromatic rings. The van der Waals surface area contributed by atoms with Crippen molar-refractivity contribution in [1.29, 1.82) is 0 Å². The van der Waals surface area contributed by atoms with E-state index in [9.17, 15) is 9.36 Å². The zero-order valence-electron chi connectivity index (χ0n) is 8.81. The maximum absolute atomic E-state index is 12.0. The summed E-state index contributed by atoms with van der Waals surface area (Å²) >= 11 is 0. The van der Waals surface area contributed by atoms with Gasteiger partial charge < -0.3 is 9.05 Å². The summed E-state index contributed by atoms with van der Waals surface area (Å²) in [7, 11) is -3.41. The molecule has 1 heterocycles. The predicted octanol–water partition coefficient (Wildman–Crippen LogP) is 2.72. The minimum atomic E-state index is -3.41. The fourth-order valence-electron chi connectivity index (χ4n) is 2.17. The van der Waals surface area contributed by atoms with Crippen molar-refractivity contribution in [3.63, 3.8) is 0 Å². The molecule has 2 fully saturated rings. The van der Waals surface area contributed by atoms with E-state index in [1.807, 2.05) is 0 Å². The Bertz CT molecular complexity index is 273. The second-order valence-electron chi connectivity index (χ2n) is 4.19. The van der Waals surface area contributed by atoms with Crippen molar-refractivity contribution in [3.8, 4) is 0 Å². The van der Waals surface area contributed by atoms with Gasteiger partial charge >= 0.3 is 7.60 Å². The Morgan fingerprint density at radius 3 is 2.20 bits per heavy atom. The van der Waals surface area contributed by atoms with Gasteiger partial charge in [0.05, 0.1) is 13.2 Å². The Morgan fingerprint density at radius 2 is 1.60 bits per heavy atom. The molecule has 2 aliphatic rings. The number of carbonyl (C=O) groups is 1. The van der Waals surface area contributed by atoms with Crippen molar-refractivity contribution >= 4 is 13.1 Å². The van der Waals surface area contributed by atoms with Crippen LogP contribution in [0.2, 0.25) is 0 Å². The van der Waals surface area contributed by atoms with Crippen LogP contribution in [0.1, 0.15) is 38.5 Å². The average molecular weight is 232 g/mol. The van der Waals surface area contributed by atoms with Gasteiger partial charge in [-0.3, -0.25) is 9.36 Å². The largest absolute Gasteiger partial charge is 0.396 e. The maximum Gasteiger partial charge on any atom is 0.396 e. The van der Waals surface area contributed by atoms with Gasteiger partial charge in [0.25, 0.3) is 0 Å². The molecule has 1 saturated carbocycles. The van der Waals surface area contributed by atoms with Gasteiger partial charge in [-0.25, -0.2) is 0 Å². The van der Waals surface area contributed by atoms with Crippen molar-refractivity contribution in [1.82, 2.24) is 0 Å². The summed E-state index contributed by atoms with van der Waals surface area (Å²) in [5, 5.41) is 0. The Morgan fingerprint density at radius 1 is 1.00 bits per heavy atom. The first-order valence-electron chi connectivity index (χ1n) is 5.66. The van der Waals surface area contributed by atoms with Crippen LogP contribution in [0.3, 0.4) is 0 Å². The lowest BCUT2D eigenvalue weighted by molar-refractivity contribution is -0.118. The fourth-order valence-corrected chi connectivity index (χ4v) is 3.94. The lowest BCUT2D eigenvalue weighted by atomic mass is 9.90. The molecule has 0 amide bonds. The molecule has 15 heavy (non-hydrogen) atoms. The Kier molecular flexibility index (Phi) is 3.60. The van der Waals surface area contributed by atoms with Crippen LogP contribution in [0.4, 0.5) is 0 Å². The van der Waals surface area contributed by atoms with Gasteiger partial charge in [-0.1, -0.05) is 19.3 Å². The fraction of sp³-hybridized carbons (Fsp3) is 0.900. The summed E-state index contributed by atoms with van der Waals surface area (Å²) in [6.45, 7) is 0.769. The van der Waals surface area contributed by atoms with Crippen molar-refractivity contribution < 1.29 is 18.4 Å². The Hall–Kier alpha value is -0.180. The lowest BCUT2D eigenvalue weighted by Crippen LogP contribution is -2.22. The van der Waals surface area contributed by atoms with E-state index >= 15 is 0 Å². The van der Waals surface area contributed by atoms with E-state index in [2.05, 4.69) is 0 Å². The highest BCUT2D eigenvalue weighted by Gasteiger charge is 2.41. The topological polar surface area (TPSA) is 52.6 Å². The molecular weight excluding hydrogens is 215 g/mol. The Labute approximate surface area is 89.9 Å². The highest BCUT2D eigenvalue weighted by atomic mass is 31.2. The SMILES string of the molecule is O=C(C1CCCCC1)P1(=O)OCCCO1. The van der Waals surface area contributed by atoms with E-state index in [4.69, 9.17) is 9.05 Å². The average Bonchev–Trinajstić information content (AvgIpc) is 2.30. The highest BCUT2D eigenvalue weighted by molar-refractivity contribution is 7.71. The molecule has 1 aliphatic heterocycles. The molecule has 0 N–H and O–H groups in total. The summed E-state index contributed by atoms with van der Waals surface area (Å²) in [6.07, 6.45) is 5.69. The summed E-state index contributed by atoms with van der Waals surface area (Å²) in [5.74, 6) is -0.0947. The minimum absolute atomic E-state index is 0.0947. The van der Waals surface area contributed by atoms with Crippen LogP contribution in [0.5, 0.6) is 0 Å². The quantitative estimate of drug-likeness (QED) is 0.687. The molecule has 0 aromatic heterocycles. The summed E-state index contributed by atoms with van der Waals surface area (Å²) in [6, 6.07) is 0. The first-order chi connectivity index (χ1) is 7.22. The molecule has 5 heteroatoms. The van der Waals surface area contributed by atoms with E-state index in [1.54, 1.807) is 0 Å². The molecule has 0 radical (unpaired) electrons. The molecule has 1 saturated heterocycles. The summed E-state index contributed by atoms with van der Waals surface area (Å²) in [4.78, 5) is 12.0. The van der Waals surface area contributed by atoms with Crippen molar-refractivity contribution in [2.45, 2.75) is 38.5 Å². The van der Waals surface area contributed by atoms with Gasteiger partial charge in [-0.2, -0.15) is 0 Å². The molecule has 0 bridgehead atoms. The third kappa shape index (κ3) is 2.49. The second-order valence-corrected chi connectivity index (χ2v) is 6.14. The van der Waals surface area contributed by atoms with E-state index in [-0.39, 0.29) is 11.4 Å². The Balaban J connectivity index is 2.01. The third-order valence-electron chi connectivity index (χ3n) is 3.04. The van der Waals surface area contributed by atoms with Crippen LogP contribution < -0.4 is 0 Å². The van der Waals surface area contributed by atoms with Crippen LogP contribution in [-0.4, -0.2) is 18.7 Å². The molecule has 0 aromatic carbocycles. The zero-order chi connectivity index (χ0) is 10.7. The third-order valence-corrected chi connectivity index (χ3v) is 4.99. The first-order valence-corrected chi connectivity index (χ1v) is 7.20. The second kappa shape index (κ2) is 4.77. The summed E-state index contributed by atoms with van der Waals surface area (Å²) in [5.41, 5.74) is -0.276. The number of carbonyl (C=O) groups excluding carboxylic acids is 1. The maximum atomic E-state index is 12.0. The zero-order valence-corrected chi connectivity index (χ0v) is 9.71. The first kappa shape index (κ1) is 11.3. The van der Waals surface area contributed by atoms with Crippen LogP contribution in [-0.2, 0) is 18.4 Å². The van der Waals surface area contributed by atoms with Gasteiger partial charge in [0.1, 0.15) is 0 Å². The van der Waals surface area contributed by atoms with Gasteiger partial charge in [-0.15, -0.1) is 0 Å².